The molecule has 41 heavy (non-hydrogen) atoms. The molecule has 0 saturated heterocycles. The fourth-order valence-corrected chi connectivity index (χ4v) is 6.72. The maximum Gasteiger partial charge on any atom is 0.255 e. The number of Topliss-reactive ketones (excluding diaryl/α,β-unsaturated/α-hetero) is 2. The average Bonchev–Trinajstić information content (AvgIpc) is 2.90. The predicted octanol–water partition coefficient (Wildman–Crippen LogP) is 1.16. The molecule has 11 nitrogen and oxygen atoms in total. The highest BCUT2D eigenvalue weighted by Gasteiger charge is 2.64. The zero-order valence-electron chi connectivity index (χ0n) is 23.3. The quantitative estimate of drug-likeness (QED) is 0.288. The maximum atomic E-state index is 14.1. The largest absolute Gasteiger partial charge is 0.508 e. The molecular weight excluding hydrogens is 528 g/mol. The monoisotopic (exact) mass is 562 g/mol. The van der Waals surface area contributed by atoms with E-state index in [2.05, 4.69) is 0 Å². The van der Waals surface area contributed by atoms with Crippen LogP contribution < -0.4 is 16.4 Å². The van der Waals surface area contributed by atoms with Crippen LogP contribution in [0.4, 0.5) is 5.69 Å². The first-order valence-corrected chi connectivity index (χ1v) is 13.3. The van der Waals surface area contributed by atoms with Crippen molar-refractivity contribution in [2.45, 2.75) is 31.0 Å². The zero-order chi connectivity index (χ0) is 30.1. The molecule has 8 N–H and O–H groups in total. The summed E-state index contributed by atoms with van der Waals surface area (Å²) in [7, 11) is 6.97. The van der Waals surface area contributed by atoms with Gasteiger partial charge in [0.25, 0.3) is 5.91 Å². The minimum Gasteiger partial charge on any atom is -0.508 e. The number of carbonyl (C=O) groups is 3. The Labute approximate surface area is 237 Å². The first-order valence-electron chi connectivity index (χ1n) is 13.3. The number of fused-ring (bicyclic) bond motifs is 3. The van der Waals surface area contributed by atoms with E-state index in [1.165, 1.54) is 4.90 Å². The molecule has 11 heteroatoms. The van der Waals surface area contributed by atoms with Gasteiger partial charge in [-0.05, 0) is 67.7 Å². The Bertz CT molecular complexity index is 1560. The second-order valence-corrected chi connectivity index (χ2v) is 11.4. The Hall–Kier alpha value is -4.19. The second kappa shape index (κ2) is 9.72. The minimum absolute atomic E-state index is 0.0180. The third-order valence-corrected chi connectivity index (χ3v) is 8.71. The van der Waals surface area contributed by atoms with Crippen molar-refractivity contribution in [3.05, 3.63) is 63.9 Å². The van der Waals surface area contributed by atoms with Gasteiger partial charge in [-0.25, -0.2) is 0 Å². The molecule has 3 aliphatic rings. The molecule has 216 valence electrons. The highest BCUT2D eigenvalue weighted by atomic mass is 16.3. The first-order chi connectivity index (χ1) is 19.2. The summed E-state index contributed by atoms with van der Waals surface area (Å²) in [6.07, 6.45) is 0.210. The SMILES string of the molecule is CN(C)c1ccc(-c2cc(CN)c(O)c3c2C[C@H]2C[C@H]4C(N(C)C)C(=O)C(C(N)=O)=C(O)[C@@]4(O)C(=O)C2=C3O)cc1. The molecule has 0 heterocycles. The molecule has 1 amide bonds. The van der Waals surface area contributed by atoms with Gasteiger partial charge < -0.3 is 36.8 Å². The van der Waals surface area contributed by atoms with E-state index in [0.717, 1.165) is 11.3 Å². The van der Waals surface area contributed by atoms with E-state index in [-0.39, 0.29) is 36.3 Å². The lowest BCUT2D eigenvalue weighted by molar-refractivity contribution is -0.153. The number of nitrogens with two attached hydrogens (primary N) is 2. The molecule has 1 unspecified atom stereocenters. The number of ketones is 2. The number of anilines is 1. The number of nitrogens with zero attached hydrogens (tertiary/aromatic N) is 2. The van der Waals surface area contributed by atoms with Crippen LogP contribution in [-0.4, -0.2) is 82.6 Å². The van der Waals surface area contributed by atoms with Crippen LogP contribution in [0, 0.1) is 11.8 Å². The lowest BCUT2D eigenvalue weighted by Gasteiger charge is -2.50. The molecule has 2 aromatic rings. The fraction of sp³-hybridized carbons (Fsp3) is 0.367. The molecule has 5 rings (SSSR count). The van der Waals surface area contributed by atoms with E-state index in [0.29, 0.717) is 16.7 Å². The number of phenols is 1. The Morgan fingerprint density at radius 2 is 1.71 bits per heavy atom. The van der Waals surface area contributed by atoms with Gasteiger partial charge in [0.1, 0.15) is 22.8 Å². The number of primary amides is 1. The van der Waals surface area contributed by atoms with Crippen molar-refractivity contribution in [3.63, 3.8) is 0 Å². The zero-order valence-corrected chi connectivity index (χ0v) is 23.3. The summed E-state index contributed by atoms with van der Waals surface area (Å²) >= 11 is 0. The van der Waals surface area contributed by atoms with Gasteiger partial charge in [0.2, 0.25) is 5.78 Å². The summed E-state index contributed by atoms with van der Waals surface area (Å²) in [5.41, 5.74) is 11.0. The summed E-state index contributed by atoms with van der Waals surface area (Å²) < 4.78 is 0. The number of rotatable bonds is 5. The number of benzene rings is 2. The van der Waals surface area contributed by atoms with Crippen LogP contribution in [-0.2, 0) is 27.3 Å². The van der Waals surface area contributed by atoms with Gasteiger partial charge >= 0.3 is 0 Å². The van der Waals surface area contributed by atoms with Gasteiger partial charge in [0.05, 0.1) is 11.6 Å². The molecule has 0 aromatic heterocycles. The Morgan fingerprint density at radius 3 is 2.24 bits per heavy atom. The highest BCUT2D eigenvalue weighted by Crippen LogP contribution is 2.54. The molecule has 1 saturated carbocycles. The van der Waals surface area contributed by atoms with Crippen LogP contribution in [0.2, 0.25) is 0 Å². The summed E-state index contributed by atoms with van der Waals surface area (Å²) in [5.74, 6) is -6.86. The van der Waals surface area contributed by atoms with Crippen molar-refractivity contribution in [1.29, 1.82) is 0 Å². The van der Waals surface area contributed by atoms with Crippen molar-refractivity contribution < 1.29 is 34.8 Å². The van der Waals surface area contributed by atoms with E-state index in [1.807, 2.05) is 43.3 Å². The number of aromatic hydroxyl groups is 1. The third kappa shape index (κ3) is 3.95. The molecule has 0 aliphatic heterocycles. The summed E-state index contributed by atoms with van der Waals surface area (Å²) in [6, 6.07) is 8.33. The predicted molar refractivity (Wildman–Crippen MR) is 152 cm³/mol. The Morgan fingerprint density at radius 1 is 1.07 bits per heavy atom. The van der Waals surface area contributed by atoms with Crippen LogP contribution in [0.25, 0.3) is 16.9 Å². The molecular formula is C30H34N4O7. The standard InChI is InChI=1S/C30H34N4O7/c1-33(2)16-7-5-13(6-8-16)17-10-15(12-31)24(35)21-18(17)9-14-11-19-23(34(3)4)26(37)22(29(32)40)28(39)30(19,41)27(38)20(14)25(21)36/h5-8,10,14,19,23,35-36,39,41H,9,11-12,31H2,1-4H3,(H2,32,40)/t14-,19-,23?,30-/m0/s1. The fourth-order valence-electron chi connectivity index (χ4n) is 6.72. The van der Waals surface area contributed by atoms with Crippen LogP contribution in [0.15, 0.2) is 47.2 Å². The molecule has 4 atom stereocenters. The number of carbonyl (C=O) groups excluding carboxylic acids is 3. The number of likely N-dealkylation sites (N-methyl/N-ethyl adjacent to an activating group) is 1. The van der Waals surface area contributed by atoms with Crippen molar-refractivity contribution in [3.8, 4) is 16.9 Å². The van der Waals surface area contributed by atoms with Crippen LogP contribution in [0.1, 0.15) is 23.1 Å². The number of aliphatic hydroxyl groups is 3. The normalized spacial score (nSPS) is 25.7. The van der Waals surface area contributed by atoms with Gasteiger partial charge in [-0.3, -0.25) is 19.3 Å². The van der Waals surface area contributed by atoms with Gasteiger partial charge in [-0.15, -0.1) is 0 Å². The molecule has 0 radical (unpaired) electrons. The number of amides is 1. The summed E-state index contributed by atoms with van der Waals surface area (Å²) in [6.45, 7) is -0.0496. The van der Waals surface area contributed by atoms with E-state index >= 15 is 0 Å². The van der Waals surface area contributed by atoms with E-state index in [4.69, 9.17) is 11.5 Å². The van der Waals surface area contributed by atoms with Gasteiger partial charge in [0, 0.05) is 43.4 Å². The maximum absolute atomic E-state index is 14.1. The van der Waals surface area contributed by atoms with Crippen LogP contribution >= 0.6 is 0 Å². The van der Waals surface area contributed by atoms with Crippen molar-refractivity contribution in [2.24, 2.45) is 23.3 Å². The van der Waals surface area contributed by atoms with Crippen molar-refractivity contribution in [2.75, 3.05) is 33.1 Å². The molecule has 1 fully saturated rings. The molecule has 0 bridgehead atoms. The van der Waals surface area contributed by atoms with Crippen molar-refractivity contribution >= 4 is 28.9 Å². The Balaban J connectivity index is 1.75. The number of phenolic OH excluding ortho intramolecular Hbond substituents is 1. The van der Waals surface area contributed by atoms with Crippen LogP contribution in [0.5, 0.6) is 5.75 Å². The lowest BCUT2D eigenvalue weighted by atomic mass is 9.57. The van der Waals surface area contributed by atoms with Crippen LogP contribution in [0.3, 0.4) is 0 Å². The summed E-state index contributed by atoms with van der Waals surface area (Å²) in [5, 5.41) is 45.5. The second-order valence-electron chi connectivity index (χ2n) is 11.4. The minimum atomic E-state index is -2.68. The average molecular weight is 563 g/mol. The third-order valence-electron chi connectivity index (χ3n) is 8.71. The van der Waals surface area contributed by atoms with E-state index < -0.39 is 58.0 Å². The number of hydrogen-bond acceptors (Lipinski definition) is 10. The van der Waals surface area contributed by atoms with Gasteiger partial charge in [-0.1, -0.05) is 12.1 Å². The van der Waals surface area contributed by atoms with Crippen molar-refractivity contribution in [1.82, 2.24) is 4.90 Å². The lowest BCUT2D eigenvalue weighted by Crippen LogP contribution is -2.65. The number of aliphatic hydroxyl groups excluding tert-OH is 2. The van der Waals surface area contributed by atoms with E-state index in [9.17, 15) is 34.8 Å². The van der Waals surface area contributed by atoms with E-state index in [1.54, 1.807) is 20.2 Å². The first kappa shape index (κ1) is 28.3. The highest BCUT2D eigenvalue weighted by molar-refractivity contribution is 6.24. The molecule has 0 spiro atoms. The number of hydrogen-bond donors (Lipinski definition) is 6. The van der Waals surface area contributed by atoms with Gasteiger partial charge in [-0.2, -0.15) is 0 Å². The molecule has 2 aromatic carbocycles. The Kier molecular flexibility index (Phi) is 6.72. The molecule has 3 aliphatic carbocycles. The topological polar surface area (TPSA) is 191 Å². The smallest absolute Gasteiger partial charge is 0.255 e. The summed E-state index contributed by atoms with van der Waals surface area (Å²) in [4.78, 5) is 42.9. The van der Waals surface area contributed by atoms with Gasteiger partial charge in [0.15, 0.2) is 11.4 Å².